The molecule has 2 aromatic rings. The van der Waals surface area contributed by atoms with Gasteiger partial charge in [0, 0.05) is 56.5 Å². The lowest BCUT2D eigenvalue weighted by molar-refractivity contribution is 0.0347. The molecule has 1 saturated heterocycles. The molecule has 0 aromatic carbocycles. The molecule has 3 aliphatic rings. The largest absolute Gasteiger partial charge is 0.485 e. The number of anilines is 1. The molecule has 0 amide bonds. The summed E-state index contributed by atoms with van der Waals surface area (Å²) in [5.41, 5.74) is 4.07. The Bertz CT molecular complexity index is 1170. The van der Waals surface area contributed by atoms with Gasteiger partial charge in [0.05, 0.1) is 18.1 Å². The number of sulfonamides is 1. The molecule has 1 unspecified atom stereocenters. The number of aromatic nitrogens is 3. The normalized spacial score (nSPS) is 24.3. The zero-order chi connectivity index (χ0) is 23.2. The van der Waals surface area contributed by atoms with Crippen molar-refractivity contribution in [3.63, 3.8) is 0 Å². The van der Waals surface area contributed by atoms with Crippen molar-refractivity contribution >= 4 is 21.5 Å². The summed E-state index contributed by atoms with van der Waals surface area (Å²) >= 11 is 0. The molecule has 0 bridgehead atoms. The molecule has 1 atom stereocenters. The van der Waals surface area contributed by atoms with E-state index >= 15 is 0 Å². The summed E-state index contributed by atoms with van der Waals surface area (Å²) in [7, 11) is -3.16. The average molecular weight is 470 g/mol. The van der Waals surface area contributed by atoms with Crippen molar-refractivity contribution in [2.24, 2.45) is 5.92 Å². The molecule has 33 heavy (non-hydrogen) atoms. The van der Waals surface area contributed by atoms with Gasteiger partial charge >= 0.3 is 0 Å². The number of piperidine rings is 1. The van der Waals surface area contributed by atoms with Crippen LogP contribution in [0.2, 0.25) is 0 Å². The van der Waals surface area contributed by atoms with Gasteiger partial charge in [-0.05, 0) is 50.3 Å². The number of ether oxygens (including phenoxy) is 1. The second-order valence-corrected chi connectivity index (χ2v) is 11.7. The van der Waals surface area contributed by atoms with Gasteiger partial charge in [-0.15, -0.1) is 0 Å². The van der Waals surface area contributed by atoms with Crippen LogP contribution in [0.25, 0.3) is 5.57 Å². The van der Waals surface area contributed by atoms with E-state index in [0.717, 1.165) is 60.9 Å². The van der Waals surface area contributed by atoms with E-state index in [4.69, 9.17) is 4.74 Å². The van der Waals surface area contributed by atoms with E-state index < -0.39 is 10.0 Å². The Hall–Kier alpha value is -2.52. The highest BCUT2D eigenvalue weighted by Gasteiger charge is 2.43. The molecule has 5 heterocycles. The molecule has 3 aliphatic heterocycles. The summed E-state index contributed by atoms with van der Waals surface area (Å²) in [6.07, 6.45) is 12.4. The number of rotatable bonds is 4. The van der Waals surface area contributed by atoms with Crippen molar-refractivity contribution in [3.8, 4) is 5.75 Å². The fourth-order valence-electron chi connectivity index (χ4n) is 5.21. The lowest BCUT2D eigenvalue weighted by atomic mass is 9.79. The maximum Gasteiger partial charge on any atom is 0.225 e. The van der Waals surface area contributed by atoms with Crippen LogP contribution in [0, 0.1) is 12.8 Å². The molecule has 9 heteroatoms. The van der Waals surface area contributed by atoms with Gasteiger partial charge in [-0.2, -0.15) is 4.31 Å². The third kappa shape index (κ3) is 4.48. The van der Waals surface area contributed by atoms with E-state index in [2.05, 4.69) is 32.8 Å². The van der Waals surface area contributed by atoms with Gasteiger partial charge in [0.1, 0.15) is 11.4 Å². The third-order valence-corrected chi connectivity index (χ3v) is 8.48. The van der Waals surface area contributed by atoms with Crippen LogP contribution in [-0.4, -0.2) is 65.7 Å². The maximum absolute atomic E-state index is 11.8. The molecule has 2 aromatic heterocycles. The second-order valence-electron chi connectivity index (χ2n) is 9.69. The molecule has 0 aliphatic carbocycles. The zero-order valence-electron chi connectivity index (χ0n) is 19.5. The van der Waals surface area contributed by atoms with Crippen LogP contribution in [0.3, 0.4) is 0 Å². The van der Waals surface area contributed by atoms with Gasteiger partial charge in [-0.3, -0.25) is 4.98 Å². The first kappa shape index (κ1) is 22.3. The minimum atomic E-state index is -3.16. The summed E-state index contributed by atoms with van der Waals surface area (Å²) in [6.45, 7) is 6.98. The summed E-state index contributed by atoms with van der Waals surface area (Å²) in [4.78, 5) is 15.9. The topological polar surface area (TPSA) is 88.5 Å². The number of fused-ring (bicyclic) bond motifs is 1. The van der Waals surface area contributed by atoms with Gasteiger partial charge in [-0.25, -0.2) is 18.4 Å². The van der Waals surface area contributed by atoms with Crippen molar-refractivity contribution in [2.45, 2.75) is 45.1 Å². The molecule has 1 fully saturated rings. The molecule has 8 nitrogen and oxygen atoms in total. The molecule has 5 rings (SSSR count). The highest BCUT2D eigenvalue weighted by Crippen LogP contribution is 2.43. The smallest absolute Gasteiger partial charge is 0.225 e. The molecular formula is C24H31N5O3S. The van der Waals surface area contributed by atoms with Gasteiger partial charge in [0.2, 0.25) is 16.0 Å². The molecule has 0 radical (unpaired) electrons. The SMILES string of the molecule is Cc1cnc(N2CCC(C3(C)Cc4cc(C5=CCN(S(C)(=O)=O)CC5)ncc4O3)CC2)nc1. The predicted octanol–water partition coefficient (Wildman–Crippen LogP) is 2.84. The van der Waals surface area contributed by atoms with Crippen molar-refractivity contribution in [1.29, 1.82) is 0 Å². The van der Waals surface area contributed by atoms with Gasteiger partial charge < -0.3 is 9.64 Å². The fourth-order valence-corrected chi connectivity index (χ4v) is 5.98. The molecule has 0 saturated carbocycles. The van der Waals surface area contributed by atoms with Crippen molar-refractivity contribution in [3.05, 3.63) is 47.6 Å². The fraction of sp³-hybridized carbons (Fsp3) is 0.542. The minimum absolute atomic E-state index is 0.239. The Kier molecular flexibility index (Phi) is 5.64. The Morgan fingerprint density at radius 3 is 2.45 bits per heavy atom. The zero-order valence-corrected chi connectivity index (χ0v) is 20.3. The lowest BCUT2D eigenvalue weighted by Crippen LogP contribution is -2.46. The minimum Gasteiger partial charge on any atom is -0.485 e. The Morgan fingerprint density at radius 2 is 1.82 bits per heavy atom. The first-order valence-corrected chi connectivity index (χ1v) is 13.4. The standard InChI is InChI=1S/C24H31N5O3S/c1-17-14-26-23(27-15-17)28-8-6-20(7-9-28)24(2)13-19-12-21(25-16-22(19)32-24)18-4-10-29(11-5-18)33(3,30)31/h4,12,14-16,20H,5-11,13H2,1-3H3. The molecule has 0 N–H and O–H groups in total. The van der Waals surface area contributed by atoms with Crippen LogP contribution in [0.4, 0.5) is 5.95 Å². The van der Waals surface area contributed by atoms with Crippen molar-refractivity contribution in [1.82, 2.24) is 19.3 Å². The van der Waals surface area contributed by atoms with Crippen molar-refractivity contribution in [2.75, 3.05) is 37.3 Å². The van der Waals surface area contributed by atoms with E-state index in [-0.39, 0.29) is 5.60 Å². The second kappa shape index (κ2) is 8.36. The van der Waals surface area contributed by atoms with E-state index in [9.17, 15) is 8.42 Å². The number of aryl methyl sites for hydroxylation is 1. The summed E-state index contributed by atoms with van der Waals surface area (Å²) in [6, 6.07) is 2.14. The van der Waals surface area contributed by atoms with Crippen LogP contribution >= 0.6 is 0 Å². The lowest BCUT2D eigenvalue weighted by Gasteiger charge is -2.40. The Labute approximate surface area is 195 Å². The van der Waals surface area contributed by atoms with Crippen molar-refractivity contribution < 1.29 is 13.2 Å². The van der Waals surface area contributed by atoms with E-state index in [0.29, 0.717) is 25.4 Å². The monoisotopic (exact) mass is 469 g/mol. The van der Waals surface area contributed by atoms with E-state index in [1.54, 1.807) is 0 Å². The Morgan fingerprint density at radius 1 is 1.09 bits per heavy atom. The molecular weight excluding hydrogens is 438 g/mol. The first-order chi connectivity index (χ1) is 15.7. The van der Waals surface area contributed by atoms with E-state index in [1.165, 1.54) is 16.1 Å². The average Bonchev–Trinajstić information content (AvgIpc) is 3.16. The van der Waals surface area contributed by atoms with Crippen LogP contribution in [0.15, 0.2) is 30.7 Å². The number of hydrogen-bond donors (Lipinski definition) is 0. The van der Waals surface area contributed by atoms with Gasteiger partial charge in [0.25, 0.3) is 0 Å². The Balaban J connectivity index is 1.25. The number of nitrogens with zero attached hydrogens (tertiary/aromatic N) is 5. The molecule has 0 spiro atoms. The molecule has 176 valence electrons. The van der Waals surface area contributed by atoms with Gasteiger partial charge in [-0.1, -0.05) is 6.08 Å². The van der Waals surface area contributed by atoms with Crippen LogP contribution in [0.5, 0.6) is 5.75 Å². The third-order valence-electron chi connectivity index (χ3n) is 7.21. The maximum atomic E-state index is 11.8. The number of hydrogen-bond acceptors (Lipinski definition) is 7. The highest BCUT2D eigenvalue weighted by molar-refractivity contribution is 7.88. The van der Waals surface area contributed by atoms with Crippen LogP contribution in [-0.2, 0) is 16.4 Å². The quantitative estimate of drug-likeness (QED) is 0.680. The number of pyridine rings is 1. The predicted molar refractivity (Wildman–Crippen MR) is 128 cm³/mol. The van der Waals surface area contributed by atoms with Crippen LogP contribution in [0.1, 0.15) is 43.0 Å². The first-order valence-electron chi connectivity index (χ1n) is 11.6. The van der Waals surface area contributed by atoms with Crippen LogP contribution < -0.4 is 9.64 Å². The highest BCUT2D eigenvalue weighted by atomic mass is 32.2. The summed E-state index contributed by atoms with van der Waals surface area (Å²) in [5.74, 6) is 2.14. The van der Waals surface area contributed by atoms with Gasteiger partial charge in [0.15, 0.2) is 0 Å². The van der Waals surface area contributed by atoms with E-state index in [1.807, 2.05) is 31.6 Å². The summed E-state index contributed by atoms with van der Waals surface area (Å²) in [5, 5.41) is 0. The summed E-state index contributed by atoms with van der Waals surface area (Å²) < 4.78 is 31.5.